The second-order valence-electron chi connectivity index (χ2n) is 16.7. The van der Waals surface area contributed by atoms with Crippen molar-refractivity contribution in [3.63, 3.8) is 0 Å². The average molecular weight is 895 g/mol. The van der Waals surface area contributed by atoms with E-state index in [4.69, 9.17) is 9.97 Å². The van der Waals surface area contributed by atoms with E-state index in [0.29, 0.717) is 49.6 Å². The molecule has 0 bridgehead atoms. The first-order valence-electron chi connectivity index (χ1n) is 22.0. The van der Waals surface area contributed by atoms with Crippen LogP contribution in [0.1, 0.15) is 5.56 Å². The molecule has 0 saturated carbocycles. The molecule has 9 heteroatoms. The molecule has 0 atom stereocenters. The number of rotatable bonds is 7. The molecule has 0 spiro atoms. The number of hydrogen-bond donors (Lipinski definition) is 0. The van der Waals surface area contributed by atoms with Crippen molar-refractivity contribution in [3.05, 3.63) is 230 Å². The molecule has 326 valence electrons. The van der Waals surface area contributed by atoms with E-state index in [2.05, 4.69) is 0 Å². The van der Waals surface area contributed by atoms with Gasteiger partial charge in [0.2, 0.25) is 0 Å². The molecule has 0 radical (unpaired) electrons. The minimum atomic E-state index is -5.05. The van der Waals surface area contributed by atoms with E-state index in [1.54, 1.807) is 34.9 Å². The Morgan fingerprint density at radius 1 is 0.353 bits per heavy atom. The van der Waals surface area contributed by atoms with Crippen LogP contribution < -0.4 is 0 Å². The molecular weight excluding hydrogens is 860 g/mol. The lowest BCUT2D eigenvalue weighted by molar-refractivity contribution is -0.137. The fraction of sp³-hybridized carbons (Fsp3) is 0.0169. The van der Waals surface area contributed by atoms with Crippen LogP contribution in [0.15, 0.2) is 212 Å². The van der Waals surface area contributed by atoms with Crippen molar-refractivity contribution in [2.75, 3.05) is 0 Å². The molecule has 12 aromatic rings. The van der Waals surface area contributed by atoms with Crippen molar-refractivity contribution in [1.82, 2.24) is 19.1 Å². The number of nitrogens with zero attached hydrogens (tertiary/aromatic N) is 4. The summed E-state index contributed by atoms with van der Waals surface area (Å²) in [7, 11) is 0. The van der Waals surface area contributed by atoms with E-state index in [1.807, 2.05) is 152 Å². The molecule has 0 aliphatic heterocycles. The van der Waals surface area contributed by atoms with Crippen LogP contribution in [0, 0.1) is 11.6 Å². The largest absolute Gasteiger partial charge is 0.420 e. The Hall–Kier alpha value is -8.69. The zero-order valence-electron chi connectivity index (χ0n) is 35.9. The van der Waals surface area contributed by atoms with Gasteiger partial charge in [-0.2, -0.15) is 13.2 Å². The molecule has 4 aromatic heterocycles. The molecule has 8 aromatic carbocycles. The summed E-state index contributed by atoms with van der Waals surface area (Å²) in [6.45, 7) is 0. The number of benzene rings is 8. The Labute approximate surface area is 386 Å². The Morgan fingerprint density at radius 3 is 1.29 bits per heavy atom. The third-order valence-electron chi connectivity index (χ3n) is 12.7. The summed E-state index contributed by atoms with van der Waals surface area (Å²) >= 11 is 0. The van der Waals surface area contributed by atoms with Gasteiger partial charge in [-0.3, -0.25) is 0 Å². The lowest BCUT2D eigenvalue weighted by Crippen LogP contribution is -2.17. The van der Waals surface area contributed by atoms with Crippen molar-refractivity contribution in [3.8, 4) is 67.5 Å². The van der Waals surface area contributed by atoms with Crippen LogP contribution in [0.4, 0.5) is 22.0 Å². The Balaban J connectivity index is 1.13. The Kier molecular flexibility index (Phi) is 9.62. The van der Waals surface area contributed by atoms with Crippen molar-refractivity contribution in [2.45, 2.75) is 6.18 Å². The van der Waals surface area contributed by atoms with Crippen molar-refractivity contribution in [2.24, 2.45) is 0 Å². The van der Waals surface area contributed by atoms with Gasteiger partial charge >= 0.3 is 6.18 Å². The normalized spacial score (nSPS) is 11.9. The first kappa shape index (κ1) is 40.8. The molecule has 0 N–H and O–H groups in total. The van der Waals surface area contributed by atoms with Crippen LogP contribution in [-0.4, -0.2) is 19.1 Å². The Bertz CT molecular complexity index is 3910. The lowest BCUT2D eigenvalue weighted by Gasteiger charge is -2.24. The van der Waals surface area contributed by atoms with Gasteiger partial charge in [-0.25, -0.2) is 18.7 Å². The van der Waals surface area contributed by atoms with Crippen molar-refractivity contribution < 1.29 is 22.0 Å². The van der Waals surface area contributed by atoms with Crippen LogP contribution in [-0.2, 0) is 6.18 Å². The predicted octanol–water partition coefficient (Wildman–Crippen LogP) is 16.3. The molecule has 0 amide bonds. The summed E-state index contributed by atoms with van der Waals surface area (Å²) < 4.78 is 85.5. The molecular formula is C59H35F5N4. The minimum absolute atomic E-state index is 0.208. The van der Waals surface area contributed by atoms with Crippen molar-refractivity contribution in [1.29, 1.82) is 0 Å². The van der Waals surface area contributed by atoms with E-state index in [9.17, 15) is 0 Å². The van der Waals surface area contributed by atoms with Crippen LogP contribution in [0.5, 0.6) is 0 Å². The molecule has 0 fully saturated rings. The number of aromatic nitrogens is 4. The summed E-state index contributed by atoms with van der Waals surface area (Å²) in [6.07, 6.45) is -5.05. The summed E-state index contributed by atoms with van der Waals surface area (Å²) in [5, 5.41) is 2.71. The number of hydrogen-bond acceptors (Lipinski definition) is 2. The van der Waals surface area contributed by atoms with E-state index < -0.39 is 34.6 Å². The van der Waals surface area contributed by atoms with Gasteiger partial charge in [-0.15, -0.1) is 0 Å². The quantitative estimate of drug-likeness (QED) is 0.149. The summed E-state index contributed by atoms with van der Waals surface area (Å²) in [6, 6.07) is 62.8. The molecule has 4 nitrogen and oxygen atoms in total. The molecule has 0 saturated heterocycles. The number of fused-ring (bicyclic) bond motifs is 6. The first-order valence-corrected chi connectivity index (χ1v) is 22.0. The van der Waals surface area contributed by atoms with Gasteiger partial charge < -0.3 is 9.13 Å². The molecule has 4 heterocycles. The fourth-order valence-electron chi connectivity index (χ4n) is 9.73. The highest BCUT2D eigenvalue weighted by Gasteiger charge is 2.41. The van der Waals surface area contributed by atoms with E-state index in [-0.39, 0.29) is 11.3 Å². The lowest BCUT2D eigenvalue weighted by atomic mass is 9.96. The van der Waals surface area contributed by atoms with E-state index in [1.165, 1.54) is 22.8 Å². The maximum absolute atomic E-state index is 16.7. The SMILES string of the molecule is Fc1cccc(F)c1-c1ccc(-n2c3ccccc3c3cc(-c4cccc(-c5ccccc5)n4)ccc32)c(C(F)(F)F)c1-n1c2ccccc2c2cc(-c3cccc(-c4ccccc4)n3)ccc21. The maximum atomic E-state index is 16.7. The fourth-order valence-corrected chi connectivity index (χ4v) is 9.73. The van der Waals surface area contributed by atoms with Crippen molar-refractivity contribution >= 4 is 43.6 Å². The van der Waals surface area contributed by atoms with Gasteiger partial charge in [-0.1, -0.05) is 127 Å². The van der Waals surface area contributed by atoms with Gasteiger partial charge in [0.15, 0.2) is 0 Å². The maximum Gasteiger partial charge on any atom is 0.420 e. The minimum Gasteiger partial charge on any atom is -0.309 e. The summed E-state index contributed by atoms with van der Waals surface area (Å²) in [5.74, 6) is -1.98. The van der Waals surface area contributed by atoms with Crippen LogP contribution in [0.2, 0.25) is 0 Å². The number of pyridine rings is 2. The highest BCUT2D eigenvalue weighted by atomic mass is 19.4. The van der Waals surface area contributed by atoms with Crippen LogP contribution in [0.25, 0.3) is 111 Å². The molecule has 0 aliphatic carbocycles. The van der Waals surface area contributed by atoms with Gasteiger partial charge in [-0.05, 0) is 84.9 Å². The molecule has 12 rings (SSSR count). The van der Waals surface area contributed by atoms with E-state index >= 15 is 22.0 Å². The highest BCUT2D eigenvalue weighted by Crippen LogP contribution is 2.49. The van der Waals surface area contributed by atoms with Crippen LogP contribution >= 0.6 is 0 Å². The molecule has 68 heavy (non-hydrogen) atoms. The molecule has 0 aliphatic rings. The van der Waals surface area contributed by atoms with Gasteiger partial charge in [0.05, 0.1) is 61.8 Å². The number of halogens is 5. The second kappa shape index (κ2) is 16.0. The summed E-state index contributed by atoms with van der Waals surface area (Å²) in [4.78, 5) is 9.94. The zero-order valence-corrected chi connectivity index (χ0v) is 35.9. The third kappa shape index (κ3) is 6.73. The smallest absolute Gasteiger partial charge is 0.309 e. The summed E-state index contributed by atoms with van der Waals surface area (Å²) in [5.41, 5.74) is 5.70. The predicted molar refractivity (Wildman–Crippen MR) is 263 cm³/mol. The Morgan fingerprint density at radius 2 is 0.779 bits per heavy atom. The molecule has 0 unspecified atom stereocenters. The van der Waals surface area contributed by atoms with Gasteiger partial charge in [0.1, 0.15) is 17.2 Å². The number of alkyl halides is 3. The van der Waals surface area contributed by atoms with E-state index in [0.717, 1.165) is 51.2 Å². The average Bonchev–Trinajstić information content (AvgIpc) is 3.88. The topological polar surface area (TPSA) is 35.6 Å². The highest BCUT2D eigenvalue weighted by molar-refractivity contribution is 6.13. The zero-order chi connectivity index (χ0) is 46.1. The second-order valence-corrected chi connectivity index (χ2v) is 16.7. The standard InChI is InChI=1S/C59H35F5N4/c60-45-20-11-21-46(61)56(45)42-30-33-55(67-51-26-9-7-18-40(51)43-34-38(28-31-53(43)67)49-24-12-22-47(65-49)36-14-3-1-4-15-36)57(59(62,63)64)58(42)68-52-27-10-8-19-41(52)44-35-39(29-32-54(44)68)50-25-13-23-48(66-50)37-16-5-2-6-17-37/h1-35H. The monoisotopic (exact) mass is 894 g/mol. The van der Waals surface area contributed by atoms with Gasteiger partial charge in [0.25, 0.3) is 0 Å². The third-order valence-corrected chi connectivity index (χ3v) is 12.7. The number of para-hydroxylation sites is 2. The first-order chi connectivity index (χ1) is 33.2. The van der Waals surface area contributed by atoms with Crippen LogP contribution in [0.3, 0.4) is 0 Å². The van der Waals surface area contributed by atoms with Gasteiger partial charge in [0, 0.05) is 49.4 Å².